The van der Waals surface area contributed by atoms with E-state index in [0.717, 1.165) is 5.56 Å². The maximum atomic E-state index is 12.4. The predicted octanol–water partition coefficient (Wildman–Crippen LogP) is 2.26. The number of hydrogen-bond donors (Lipinski definition) is 2. The van der Waals surface area contributed by atoms with Crippen molar-refractivity contribution < 1.29 is 19.5 Å². The van der Waals surface area contributed by atoms with Crippen LogP contribution in [0.3, 0.4) is 0 Å². The summed E-state index contributed by atoms with van der Waals surface area (Å²) in [5, 5.41) is 11.9. The summed E-state index contributed by atoms with van der Waals surface area (Å²) >= 11 is 0. The molecule has 1 heterocycles. The molecule has 0 saturated carbocycles. The molecule has 3 rings (SSSR count). The molecule has 1 aliphatic rings. The summed E-state index contributed by atoms with van der Waals surface area (Å²) in [4.78, 5) is 38.1. The molecule has 2 N–H and O–H groups in total. The smallest absolute Gasteiger partial charge is 0.300 e. The Balaban J connectivity index is 1.86. The van der Waals surface area contributed by atoms with Gasteiger partial charge in [0.2, 0.25) is 5.91 Å². The van der Waals surface area contributed by atoms with E-state index in [1.807, 2.05) is 6.92 Å². The van der Waals surface area contributed by atoms with Crippen molar-refractivity contribution in [3.63, 3.8) is 0 Å². The lowest BCUT2D eigenvalue weighted by atomic mass is 10.1. The second kappa shape index (κ2) is 5.81. The van der Waals surface area contributed by atoms with Gasteiger partial charge in [-0.2, -0.15) is 0 Å². The van der Waals surface area contributed by atoms with Crippen molar-refractivity contribution in [1.82, 2.24) is 0 Å². The molecule has 2 amide bonds. The second-order valence-electron chi connectivity index (χ2n) is 5.74. The van der Waals surface area contributed by atoms with Crippen molar-refractivity contribution >= 4 is 29.0 Å². The van der Waals surface area contributed by atoms with Crippen LogP contribution in [0.15, 0.2) is 42.5 Å². The number of amides is 2. The number of benzene rings is 2. The topological polar surface area (TPSA) is 86.7 Å². The fourth-order valence-electron chi connectivity index (χ4n) is 2.67. The number of ketones is 1. The number of carbonyl (C=O) groups is 3. The third-order valence-electron chi connectivity index (χ3n) is 3.97. The van der Waals surface area contributed by atoms with E-state index in [-0.39, 0.29) is 5.75 Å². The average molecular weight is 324 g/mol. The summed E-state index contributed by atoms with van der Waals surface area (Å²) in [6.45, 7) is 3.40. The highest BCUT2D eigenvalue weighted by atomic mass is 16.3. The lowest BCUT2D eigenvalue weighted by Gasteiger charge is -2.23. The van der Waals surface area contributed by atoms with E-state index in [0.29, 0.717) is 16.9 Å². The standard InChI is InChI=1S/C18H16N2O4/c1-10-3-8-15-14(9-10)16(22)18(24)20(15)11(2)17(23)19-12-4-6-13(21)7-5-12/h3-9,11,21H,1-2H3,(H,19,23). The summed E-state index contributed by atoms with van der Waals surface area (Å²) < 4.78 is 0. The first-order valence-corrected chi connectivity index (χ1v) is 7.47. The molecular weight excluding hydrogens is 308 g/mol. The van der Waals surface area contributed by atoms with Gasteiger partial charge in [0.1, 0.15) is 11.8 Å². The van der Waals surface area contributed by atoms with Gasteiger partial charge in [-0.1, -0.05) is 11.6 Å². The largest absolute Gasteiger partial charge is 0.508 e. The maximum absolute atomic E-state index is 12.4. The number of Topliss-reactive ketones (excluding diaryl/α,β-unsaturated/α-hetero) is 1. The highest BCUT2D eigenvalue weighted by molar-refractivity contribution is 6.53. The predicted molar refractivity (Wildman–Crippen MR) is 89.2 cm³/mol. The molecule has 0 fully saturated rings. The van der Waals surface area contributed by atoms with Crippen LogP contribution in [-0.4, -0.2) is 28.7 Å². The molecule has 2 aromatic carbocycles. The minimum atomic E-state index is -0.848. The highest BCUT2D eigenvalue weighted by Crippen LogP contribution is 2.31. The summed E-state index contributed by atoms with van der Waals surface area (Å²) in [7, 11) is 0. The molecule has 2 aromatic rings. The Morgan fingerprint density at radius 1 is 1.12 bits per heavy atom. The minimum Gasteiger partial charge on any atom is -0.508 e. The Bertz CT molecular complexity index is 843. The number of anilines is 2. The number of aromatic hydroxyl groups is 1. The number of nitrogens with one attached hydrogen (secondary N) is 1. The first-order valence-electron chi connectivity index (χ1n) is 7.47. The zero-order chi connectivity index (χ0) is 17.4. The van der Waals surface area contributed by atoms with Gasteiger partial charge < -0.3 is 10.4 Å². The normalized spacial score (nSPS) is 14.5. The van der Waals surface area contributed by atoms with Crippen molar-refractivity contribution in [2.75, 3.05) is 10.2 Å². The number of nitrogens with zero attached hydrogens (tertiary/aromatic N) is 1. The van der Waals surface area contributed by atoms with E-state index < -0.39 is 23.6 Å². The van der Waals surface area contributed by atoms with Gasteiger partial charge in [0.25, 0.3) is 11.7 Å². The molecule has 0 bridgehead atoms. The van der Waals surface area contributed by atoms with Gasteiger partial charge in [0, 0.05) is 5.69 Å². The minimum absolute atomic E-state index is 0.0886. The van der Waals surface area contributed by atoms with Gasteiger partial charge in [-0.25, -0.2) is 0 Å². The molecule has 0 spiro atoms. The van der Waals surface area contributed by atoms with Crippen LogP contribution in [0.1, 0.15) is 22.8 Å². The van der Waals surface area contributed by atoms with Gasteiger partial charge >= 0.3 is 0 Å². The van der Waals surface area contributed by atoms with E-state index in [1.54, 1.807) is 37.3 Å². The van der Waals surface area contributed by atoms with Crippen LogP contribution in [0.25, 0.3) is 0 Å². The summed E-state index contributed by atoms with van der Waals surface area (Å²) in [5.74, 6) is -1.64. The molecule has 122 valence electrons. The molecule has 0 aromatic heterocycles. The number of carbonyl (C=O) groups excluding carboxylic acids is 3. The fourth-order valence-corrected chi connectivity index (χ4v) is 2.67. The summed E-state index contributed by atoms with van der Waals surface area (Å²) in [6, 6.07) is 10.3. The summed E-state index contributed by atoms with van der Waals surface area (Å²) in [6.07, 6.45) is 0. The number of hydrogen-bond acceptors (Lipinski definition) is 4. The van der Waals surface area contributed by atoms with Crippen molar-refractivity contribution in [2.45, 2.75) is 19.9 Å². The molecule has 0 radical (unpaired) electrons. The van der Waals surface area contributed by atoms with Gasteiger partial charge in [0.15, 0.2) is 0 Å². The SMILES string of the molecule is Cc1ccc2c(c1)C(=O)C(=O)N2C(C)C(=O)Nc1ccc(O)cc1. The Kier molecular flexibility index (Phi) is 3.81. The Labute approximate surface area is 138 Å². The Morgan fingerprint density at radius 3 is 2.46 bits per heavy atom. The van der Waals surface area contributed by atoms with E-state index in [9.17, 15) is 19.5 Å². The molecule has 1 atom stereocenters. The number of phenols is 1. The molecule has 1 unspecified atom stereocenters. The zero-order valence-electron chi connectivity index (χ0n) is 13.2. The maximum Gasteiger partial charge on any atom is 0.300 e. The fraction of sp³-hybridized carbons (Fsp3) is 0.167. The van der Waals surface area contributed by atoms with Crippen LogP contribution < -0.4 is 10.2 Å². The lowest BCUT2D eigenvalue weighted by molar-refractivity contribution is -0.120. The van der Waals surface area contributed by atoms with Crippen LogP contribution in [0.2, 0.25) is 0 Å². The van der Waals surface area contributed by atoms with E-state index >= 15 is 0 Å². The number of rotatable bonds is 3. The van der Waals surface area contributed by atoms with Crippen LogP contribution in [0, 0.1) is 6.92 Å². The summed E-state index contributed by atoms with van der Waals surface area (Å²) in [5.41, 5.74) is 2.14. The second-order valence-corrected chi connectivity index (χ2v) is 5.74. The first kappa shape index (κ1) is 15.7. The van der Waals surface area contributed by atoms with Crippen molar-refractivity contribution in [3.8, 4) is 5.75 Å². The van der Waals surface area contributed by atoms with E-state index in [2.05, 4.69) is 5.32 Å². The quantitative estimate of drug-likeness (QED) is 0.670. The lowest BCUT2D eigenvalue weighted by Crippen LogP contribution is -2.45. The van der Waals surface area contributed by atoms with Gasteiger partial charge in [-0.05, 0) is 50.2 Å². The van der Waals surface area contributed by atoms with Crippen molar-refractivity contribution in [2.24, 2.45) is 0 Å². The Hall–Kier alpha value is -3.15. The average Bonchev–Trinajstić information content (AvgIpc) is 2.80. The van der Waals surface area contributed by atoms with Gasteiger partial charge in [-0.3, -0.25) is 19.3 Å². The molecule has 6 heteroatoms. The van der Waals surface area contributed by atoms with E-state index in [4.69, 9.17) is 0 Å². The van der Waals surface area contributed by atoms with Crippen LogP contribution >= 0.6 is 0 Å². The van der Waals surface area contributed by atoms with Gasteiger partial charge in [-0.15, -0.1) is 0 Å². The number of phenolic OH excluding ortho intramolecular Hbond substituents is 1. The Morgan fingerprint density at radius 2 is 1.79 bits per heavy atom. The number of fused-ring (bicyclic) bond motifs is 1. The third-order valence-corrected chi connectivity index (χ3v) is 3.97. The number of aryl methyl sites for hydroxylation is 1. The monoisotopic (exact) mass is 324 g/mol. The molecule has 0 aliphatic carbocycles. The molecule has 24 heavy (non-hydrogen) atoms. The zero-order valence-corrected chi connectivity index (χ0v) is 13.2. The van der Waals surface area contributed by atoms with E-state index in [1.165, 1.54) is 17.0 Å². The van der Waals surface area contributed by atoms with Crippen LogP contribution in [-0.2, 0) is 9.59 Å². The molecular formula is C18H16N2O4. The van der Waals surface area contributed by atoms with Crippen LogP contribution in [0.4, 0.5) is 11.4 Å². The molecule has 0 saturated heterocycles. The van der Waals surface area contributed by atoms with Crippen molar-refractivity contribution in [1.29, 1.82) is 0 Å². The highest BCUT2D eigenvalue weighted by Gasteiger charge is 2.40. The van der Waals surface area contributed by atoms with Gasteiger partial charge in [0.05, 0.1) is 11.3 Å². The first-order chi connectivity index (χ1) is 11.4. The molecule has 6 nitrogen and oxygen atoms in total. The third kappa shape index (κ3) is 2.62. The molecule has 1 aliphatic heterocycles. The van der Waals surface area contributed by atoms with Crippen molar-refractivity contribution in [3.05, 3.63) is 53.6 Å². The van der Waals surface area contributed by atoms with Crippen LogP contribution in [0.5, 0.6) is 5.75 Å².